The lowest BCUT2D eigenvalue weighted by molar-refractivity contribution is 0.168. The molecule has 0 saturated carbocycles. The van der Waals surface area contributed by atoms with Gasteiger partial charge in [0.2, 0.25) is 10.0 Å². The lowest BCUT2D eigenvalue weighted by atomic mass is 10.3. The van der Waals surface area contributed by atoms with Gasteiger partial charge in [-0.2, -0.15) is 4.31 Å². The molecule has 1 heterocycles. The molecule has 1 aliphatic heterocycles. The highest BCUT2D eigenvalue weighted by Crippen LogP contribution is 2.39. The van der Waals surface area contributed by atoms with Crippen molar-refractivity contribution in [2.45, 2.75) is 30.8 Å². The van der Waals surface area contributed by atoms with Crippen molar-refractivity contribution in [1.82, 2.24) is 9.21 Å². The number of sulfonamides is 1. The zero-order valence-corrected chi connectivity index (χ0v) is 20.7. The number of hydrogen-bond donors (Lipinski definition) is 3. The van der Waals surface area contributed by atoms with Gasteiger partial charge in [0.1, 0.15) is 4.90 Å². The van der Waals surface area contributed by atoms with Crippen molar-refractivity contribution in [3.63, 3.8) is 0 Å². The van der Waals surface area contributed by atoms with Crippen molar-refractivity contribution in [2.75, 3.05) is 30.8 Å². The Hall–Kier alpha value is -1.75. The number of rotatable bonds is 6. The molecule has 0 spiro atoms. The minimum absolute atomic E-state index is 0. The van der Waals surface area contributed by atoms with E-state index < -0.39 is 26.7 Å². The monoisotopic (exact) mass is 522 g/mol. The van der Waals surface area contributed by atoms with E-state index in [0.717, 1.165) is 13.0 Å². The molecule has 32 heavy (non-hydrogen) atoms. The van der Waals surface area contributed by atoms with E-state index in [1.165, 1.54) is 23.5 Å². The minimum atomic E-state index is -4.13. The zero-order chi connectivity index (χ0) is 22.8. The van der Waals surface area contributed by atoms with Crippen molar-refractivity contribution in [2.24, 2.45) is 0 Å². The zero-order valence-electron chi connectivity index (χ0n) is 17.5. The summed E-state index contributed by atoms with van der Waals surface area (Å²) in [4.78, 5) is 14.0. The summed E-state index contributed by atoms with van der Waals surface area (Å²) in [5.41, 5.74) is 0.267. The molecule has 1 saturated heterocycles. The average Bonchev–Trinajstić information content (AvgIpc) is 3.20. The maximum absolute atomic E-state index is 13.3. The van der Waals surface area contributed by atoms with E-state index in [-0.39, 0.29) is 29.3 Å². The Balaban J connectivity index is 0.00000363. The SMILES string of the molecule is CCN1CCCC1N(C)S(=O)(=O)c1c(Cl)ccc(NC(=O)Nc2ccccc2Cl)c1O.Cl. The van der Waals surface area contributed by atoms with Crippen LogP contribution in [0.2, 0.25) is 10.0 Å². The Morgan fingerprint density at radius 1 is 1.16 bits per heavy atom. The number of amides is 2. The Kier molecular flexibility index (Phi) is 9.04. The van der Waals surface area contributed by atoms with E-state index in [1.807, 2.05) is 11.8 Å². The third-order valence-electron chi connectivity index (χ3n) is 5.25. The predicted molar refractivity (Wildman–Crippen MR) is 130 cm³/mol. The molecule has 176 valence electrons. The maximum atomic E-state index is 13.3. The van der Waals surface area contributed by atoms with Crippen LogP contribution in [0.3, 0.4) is 0 Å². The summed E-state index contributed by atoms with van der Waals surface area (Å²) in [6.07, 6.45) is 1.23. The maximum Gasteiger partial charge on any atom is 0.323 e. The van der Waals surface area contributed by atoms with E-state index in [9.17, 15) is 18.3 Å². The Morgan fingerprint density at radius 2 is 1.81 bits per heavy atom. The van der Waals surface area contributed by atoms with E-state index >= 15 is 0 Å². The fraction of sp³-hybridized carbons (Fsp3) is 0.350. The standard InChI is InChI=1S/C20H24Cl2N4O4S.ClH/c1-3-26-12-6-9-17(26)25(2)31(29,30)19-14(22)10-11-16(18(19)27)24-20(28)23-15-8-5-4-7-13(15)21;/h4-5,7-8,10-11,17,27H,3,6,9,12H2,1-2H3,(H2,23,24,28);1H. The number of urea groups is 1. The molecule has 1 unspecified atom stereocenters. The first-order chi connectivity index (χ1) is 14.7. The quantitative estimate of drug-likeness (QED) is 0.471. The summed E-state index contributed by atoms with van der Waals surface area (Å²) in [5.74, 6) is -0.630. The van der Waals surface area contributed by atoms with Crippen LogP contribution in [0.25, 0.3) is 0 Å². The minimum Gasteiger partial charge on any atom is -0.504 e. The average molecular weight is 524 g/mol. The number of hydrogen-bond acceptors (Lipinski definition) is 5. The number of phenols is 1. The van der Waals surface area contributed by atoms with Crippen LogP contribution in [-0.2, 0) is 10.0 Å². The predicted octanol–water partition coefficient (Wildman–Crippen LogP) is 4.83. The number of para-hydroxylation sites is 1. The van der Waals surface area contributed by atoms with Crippen LogP contribution in [0.5, 0.6) is 5.75 Å². The first kappa shape index (κ1) is 26.5. The number of nitrogens with zero attached hydrogens (tertiary/aromatic N) is 2. The topological polar surface area (TPSA) is 102 Å². The summed E-state index contributed by atoms with van der Waals surface area (Å²) in [5, 5.41) is 15.9. The Bertz CT molecular complexity index is 1080. The molecule has 0 radical (unpaired) electrons. The molecule has 3 N–H and O–H groups in total. The number of benzene rings is 2. The summed E-state index contributed by atoms with van der Waals surface area (Å²) >= 11 is 12.2. The third kappa shape index (κ3) is 5.41. The molecule has 8 nitrogen and oxygen atoms in total. The lowest BCUT2D eigenvalue weighted by Gasteiger charge is -2.31. The van der Waals surface area contributed by atoms with Crippen LogP contribution >= 0.6 is 35.6 Å². The van der Waals surface area contributed by atoms with Gasteiger partial charge in [-0.1, -0.05) is 42.3 Å². The molecule has 2 amide bonds. The number of carbonyl (C=O) groups is 1. The Morgan fingerprint density at radius 3 is 2.47 bits per heavy atom. The van der Waals surface area contributed by atoms with Crippen LogP contribution in [0.4, 0.5) is 16.2 Å². The van der Waals surface area contributed by atoms with Gasteiger partial charge in [0.15, 0.2) is 5.75 Å². The molecule has 0 bridgehead atoms. The highest BCUT2D eigenvalue weighted by atomic mass is 35.5. The van der Waals surface area contributed by atoms with Crippen LogP contribution < -0.4 is 10.6 Å². The second-order valence-corrected chi connectivity index (χ2v) is 9.85. The molecular weight excluding hydrogens is 499 g/mol. The highest BCUT2D eigenvalue weighted by Gasteiger charge is 2.37. The van der Waals surface area contributed by atoms with Gasteiger partial charge in [-0.3, -0.25) is 4.90 Å². The number of carbonyl (C=O) groups excluding carboxylic acids is 1. The van der Waals surface area contributed by atoms with Gasteiger partial charge in [0.05, 0.1) is 27.6 Å². The molecule has 0 aromatic heterocycles. The number of anilines is 2. The fourth-order valence-corrected chi connectivity index (χ4v) is 5.77. The molecular formula is C20H25Cl3N4O4S. The van der Waals surface area contributed by atoms with E-state index in [1.54, 1.807) is 24.3 Å². The normalized spacial score (nSPS) is 16.6. The highest BCUT2D eigenvalue weighted by molar-refractivity contribution is 7.89. The van der Waals surface area contributed by atoms with Gasteiger partial charge in [-0.25, -0.2) is 13.2 Å². The summed E-state index contributed by atoms with van der Waals surface area (Å²) in [6, 6.07) is 8.58. The second kappa shape index (κ2) is 10.9. The summed E-state index contributed by atoms with van der Waals surface area (Å²) in [7, 11) is -2.67. The smallest absolute Gasteiger partial charge is 0.323 e. The van der Waals surface area contributed by atoms with E-state index in [2.05, 4.69) is 10.6 Å². The largest absolute Gasteiger partial charge is 0.504 e. The molecule has 1 aliphatic rings. The first-order valence-electron chi connectivity index (χ1n) is 9.73. The number of phenolic OH excluding ortho intramolecular Hbond substituents is 1. The van der Waals surface area contributed by atoms with E-state index in [4.69, 9.17) is 23.2 Å². The van der Waals surface area contributed by atoms with Gasteiger partial charge >= 0.3 is 6.03 Å². The van der Waals surface area contributed by atoms with Crippen molar-refractivity contribution in [3.8, 4) is 5.75 Å². The van der Waals surface area contributed by atoms with Gasteiger partial charge in [-0.05, 0) is 50.2 Å². The Labute approximate surface area is 203 Å². The second-order valence-electron chi connectivity index (χ2n) is 7.10. The number of aromatic hydroxyl groups is 1. The molecule has 0 aliphatic carbocycles. The first-order valence-corrected chi connectivity index (χ1v) is 11.9. The van der Waals surface area contributed by atoms with Crippen molar-refractivity contribution in [3.05, 3.63) is 46.4 Å². The van der Waals surface area contributed by atoms with Crippen LogP contribution in [0.15, 0.2) is 41.3 Å². The van der Waals surface area contributed by atoms with Crippen LogP contribution in [-0.4, -0.2) is 55.1 Å². The number of likely N-dealkylation sites (tertiary alicyclic amines) is 1. The molecule has 2 aromatic carbocycles. The van der Waals surface area contributed by atoms with E-state index in [0.29, 0.717) is 23.7 Å². The van der Waals surface area contributed by atoms with Crippen LogP contribution in [0.1, 0.15) is 19.8 Å². The number of nitrogens with one attached hydrogen (secondary N) is 2. The molecule has 3 rings (SSSR count). The lowest BCUT2D eigenvalue weighted by Crippen LogP contribution is -2.45. The molecule has 1 fully saturated rings. The molecule has 2 aromatic rings. The van der Waals surface area contributed by atoms with Crippen molar-refractivity contribution >= 4 is 63.0 Å². The van der Waals surface area contributed by atoms with Gasteiger partial charge in [0.25, 0.3) is 0 Å². The van der Waals surface area contributed by atoms with Gasteiger partial charge in [0, 0.05) is 7.05 Å². The van der Waals surface area contributed by atoms with Gasteiger partial charge in [-0.15, -0.1) is 12.4 Å². The van der Waals surface area contributed by atoms with Crippen molar-refractivity contribution in [1.29, 1.82) is 0 Å². The molecule has 12 heteroatoms. The van der Waals surface area contributed by atoms with Crippen LogP contribution in [0, 0.1) is 0 Å². The van der Waals surface area contributed by atoms with Crippen molar-refractivity contribution < 1.29 is 18.3 Å². The third-order valence-corrected chi connectivity index (χ3v) is 7.93. The number of halogens is 3. The molecule has 1 atom stereocenters. The fourth-order valence-electron chi connectivity index (χ4n) is 3.62. The summed E-state index contributed by atoms with van der Waals surface area (Å²) < 4.78 is 27.8. The van der Waals surface area contributed by atoms with Gasteiger partial charge < -0.3 is 15.7 Å². The summed E-state index contributed by atoms with van der Waals surface area (Å²) in [6.45, 7) is 3.46.